The Morgan fingerprint density at radius 2 is 2.10 bits per heavy atom. The second-order valence-corrected chi connectivity index (χ2v) is 8.20. The highest BCUT2D eigenvalue weighted by molar-refractivity contribution is 4.94. The van der Waals surface area contributed by atoms with E-state index in [0.717, 1.165) is 24.5 Å². The average molecular weight is 294 g/mol. The number of methoxy groups -OCH3 is 1. The number of nitrogens with one attached hydrogen (secondary N) is 1. The van der Waals surface area contributed by atoms with Gasteiger partial charge >= 0.3 is 0 Å². The van der Waals surface area contributed by atoms with Crippen molar-refractivity contribution in [1.29, 1.82) is 0 Å². The van der Waals surface area contributed by atoms with Crippen LogP contribution in [0.3, 0.4) is 0 Å². The first-order valence-electron chi connectivity index (χ1n) is 9.14. The standard InChI is InChI=1S/C18H34N2O/c1-15-4-3-8-18(10-15,13-19-17-5-6-17)14-20-9-7-16(11-20)12-21-2/h15-17,19H,3-14H2,1-2H3. The van der Waals surface area contributed by atoms with Crippen molar-refractivity contribution < 1.29 is 4.74 Å². The molecule has 0 radical (unpaired) electrons. The quantitative estimate of drug-likeness (QED) is 0.781. The van der Waals surface area contributed by atoms with Gasteiger partial charge in [-0.15, -0.1) is 0 Å². The summed E-state index contributed by atoms with van der Waals surface area (Å²) in [6, 6.07) is 0.846. The maximum atomic E-state index is 5.35. The third kappa shape index (κ3) is 4.43. The summed E-state index contributed by atoms with van der Waals surface area (Å²) in [7, 11) is 1.84. The molecule has 0 aromatic carbocycles. The lowest BCUT2D eigenvalue weighted by molar-refractivity contribution is 0.0848. The van der Waals surface area contributed by atoms with E-state index in [1.807, 2.05) is 7.11 Å². The highest BCUT2D eigenvalue weighted by Gasteiger charge is 2.39. The van der Waals surface area contributed by atoms with E-state index in [-0.39, 0.29) is 0 Å². The average Bonchev–Trinajstić information content (AvgIpc) is 3.19. The minimum atomic E-state index is 0.544. The maximum absolute atomic E-state index is 5.35. The Morgan fingerprint density at radius 1 is 1.24 bits per heavy atom. The van der Waals surface area contributed by atoms with Gasteiger partial charge in [0.05, 0.1) is 6.61 Å². The summed E-state index contributed by atoms with van der Waals surface area (Å²) in [5, 5.41) is 3.85. The molecule has 1 saturated heterocycles. The number of ether oxygens (including phenoxy) is 1. The zero-order valence-corrected chi connectivity index (χ0v) is 14.1. The summed E-state index contributed by atoms with van der Waals surface area (Å²) in [6.45, 7) is 8.52. The smallest absolute Gasteiger partial charge is 0.0503 e. The van der Waals surface area contributed by atoms with Crippen molar-refractivity contribution in [3.63, 3.8) is 0 Å². The predicted octanol–water partition coefficient (Wildman–Crippen LogP) is 2.90. The molecule has 1 heterocycles. The van der Waals surface area contributed by atoms with Crippen LogP contribution in [0.4, 0.5) is 0 Å². The van der Waals surface area contributed by atoms with Crippen LogP contribution in [-0.4, -0.2) is 50.8 Å². The van der Waals surface area contributed by atoms with Gasteiger partial charge in [0, 0.05) is 32.8 Å². The molecule has 0 bridgehead atoms. The number of hydrogen-bond donors (Lipinski definition) is 1. The number of rotatable bonds is 7. The molecule has 2 aliphatic carbocycles. The van der Waals surface area contributed by atoms with E-state index in [1.54, 1.807) is 0 Å². The molecular weight excluding hydrogens is 260 g/mol. The largest absolute Gasteiger partial charge is 0.384 e. The van der Waals surface area contributed by atoms with Crippen LogP contribution in [0, 0.1) is 17.3 Å². The molecule has 122 valence electrons. The van der Waals surface area contributed by atoms with Crippen molar-refractivity contribution in [3.8, 4) is 0 Å². The number of nitrogens with zero attached hydrogens (tertiary/aromatic N) is 1. The van der Waals surface area contributed by atoms with Gasteiger partial charge in [0.25, 0.3) is 0 Å². The van der Waals surface area contributed by atoms with Gasteiger partial charge in [-0.2, -0.15) is 0 Å². The first-order chi connectivity index (χ1) is 10.2. The van der Waals surface area contributed by atoms with Crippen LogP contribution >= 0.6 is 0 Å². The van der Waals surface area contributed by atoms with E-state index in [1.165, 1.54) is 71.1 Å². The summed E-state index contributed by atoms with van der Waals surface area (Å²) in [6.07, 6.45) is 9.88. The van der Waals surface area contributed by atoms with Crippen molar-refractivity contribution in [2.45, 2.75) is 57.9 Å². The summed E-state index contributed by atoms with van der Waals surface area (Å²) in [5.41, 5.74) is 0.544. The Labute approximate surface area is 130 Å². The van der Waals surface area contributed by atoms with Gasteiger partial charge in [-0.3, -0.25) is 0 Å². The van der Waals surface area contributed by atoms with Crippen LogP contribution in [0.2, 0.25) is 0 Å². The summed E-state index contributed by atoms with van der Waals surface area (Å²) in [4.78, 5) is 2.73. The molecule has 0 amide bonds. The topological polar surface area (TPSA) is 24.5 Å². The number of hydrogen-bond acceptors (Lipinski definition) is 3. The van der Waals surface area contributed by atoms with Crippen molar-refractivity contribution in [2.75, 3.05) is 39.9 Å². The Hall–Kier alpha value is -0.120. The van der Waals surface area contributed by atoms with E-state index in [4.69, 9.17) is 4.74 Å². The van der Waals surface area contributed by atoms with Crippen molar-refractivity contribution in [1.82, 2.24) is 10.2 Å². The van der Waals surface area contributed by atoms with Crippen molar-refractivity contribution >= 4 is 0 Å². The molecule has 3 rings (SSSR count). The molecule has 3 nitrogen and oxygen atoms in total. The van der Waals surface area contributed by atoms with Gasteiger partial charge in [0.1, 0.15) is 0 Å². The normalized spacial score (nSPS) is 38.0. The highest BCUT2D eigenvalue weighted by Crippen LogP contribution is 2.41. The van der Waals surface area contributed by atoms with Gasteiger partial charge in [-0.1, -0.05) is 19.8 Å². The van der Waals surface area contributed by atoms with Gasteiger partial charge in [-0.25, -0.2) is 0 Å². The third-order valence-electron chi connectivity index (χ3n) is 5.86. The molecule has 3 heteroatoms. The van der Waals surface area contributed by atoms with Gasteiger partial charge in [-0.05, 0) is 55.9 Å². The van der Waals surface area contributed by atoms with Gasteiger partial charge in [0.2, 0.25) is 0 Å². The fourth-order valence-electron chi connectivity index (χ4n) is 4.68. The SMILES string of the molecule is COCC1CCN(CC2(CNC3CC3)CCCC(C)C2)C1. The third-order valence-corrected chi connectivity index (χ3v) is 5.86. The molecule has 3 aliphatic rings. The van der Waals surface area contributed by atoms with E-state index < -0.39 is 0 Å². The Kier molecular flexibility index (Phi) is 5.23. The molecular formula is C18H34N2O. The lowest BCUT2D eigenvalue weighted by atomic mass is 9.69. The van der Waals surface area contributed by atoms with E-state index in [0.29, 0.717) is 5.41 Å². The van der Waals surface area contributed by atoms with E-state index in [2.05, 4.69) is 17.1 Å². The molecule has 3 unspecified atom stereocenters. The zero-order chi connectivity index (χ0) is 14.7. The van der Waals surface area contributed by atoms with E-state index in [9.17, 15) is 0 Å². The molecule has 21 heavy (non-hydrogen) atoms. The van der Waals surface area contributed by atoms with Gasteiger partial charge in [0.15, 0.2) is 0 Å². The van der Waals surface area contributed by atoms with Crippen molar-refractivity contribution in [3.05, 3.63) is 0 Å². The van der Waals surface area contributed by atoms with Crippen LogP contribution in [0.1, 0.15) is 51.9 Å². The summed E-state index contributed by atoms with van der Waals surface area (Å²) < 4.78 is 5.35. The molecule has 0 spiro atoms. The molecule has 3 atom stereocenters. The molecule has 1 N–H and O–H groups in total. The maximum Gasteiger partial charge on any atom is 0.0503 e. The molecule has 0 aromatic rings. The summed E-state index contributed by atoms with van der Waals surface area (Å²) in [5.74, 6) is 1.68. The minimum absolute atomic E-state index is 0.544. The second-order valence-electron chi connectivity index (χ2n) is 8.20. The summed E-state index contributed by atoms with van der Waals surface area (Å²) >= 11 is 0. The van der Waals surface area contributed by atoms with Crippen molar-refractivity contribution in [2.24, 2.45) is 17.3 Å². The van der Waals surface area contributed by atoms with Crippen LogP contribution < -0.4 is 5.32 Å². The monoisotopic (exact) mass is 294 g/mol. The van der Waals surface area contributed by atoms with Crippen LogP contribution in [0.25, 0.3) is 0 Å². The van der Waals surface area contributed by atoms with Gasteiger partial charge < -0.3 is 15.0 Å². The molecule has 1 aliphatic heterocycles. The molecule has 2 saturated carbocycles. The second kappa shape index (κ2) is 6.97. The lowest BCUT2D eigenvalue weighted by Gasteiger charge is -2.43. The lowest BCUT2D eigenvalue weighted by Crippen LogP contribution is -2.46. The van der Waals surface area contributed by atoms with E-state index >= 15 is 0 Å². The predicted molar refractivity (Wildman–Crippen MR) is 87.5 cm³/mol. The fraction of sp³-hybridized carbons (Fsp3) is 1.00. The van der Waals surface area contributed by atoms with Crippen LogP contribution in [0.5, 0.6) is 0 Å². The minimum Gasteiger partial charge on any atom is -0.384 e. The highest BCUT2D eigenvalue weighted by atomic mass is 16.5. The Balaban J connectivity index is 1.56. The first-order valence-corrected chi connectivity index (χ1v) is 9.14. The fourth-order valence-corrected chi connectivity index (χ4v) is 4.68. The molecule has 3 fully saturated rings. The van der Waals surface area contributed by atoms with Crippen LogP contribution in [0.15, 0.2) is 0 Å². The Bertz CT molecular complexity index is 331. The first kappa shape index (κ1) is 15.8. The van der Waals surface area contributed by atoms with Crippen LogP contribution in [-0.2, 0) is 4.74 Å². The zero-order valence-electron chi connectivity index (χ0n) is 14.1. The molecule has 0 aromatic heterocycles. The number of likely N-dealkylation sites (tertiary alicyclic amines) is 1. The Morgan fingerprint density at radius 3 is 2.81 bits per heavy atom.